The molecule has 2 aromatic rings. The predicted molar refractivity (Wildman–Crippen MR) is 81.4 cm³/mol. The smallest absolute Gasteiger partial charge is 0.305 e. The van der Waals surface area contributed by atoms with Crippen molar-refractivity contribution in [3.05, 3.63) is 29.1 Å². The van der Waals surface area contributed by atoms with Gasteiger partial charge >= 0.3 is 5.97 Å². The molecule has 0 bridgehead atoms. The van der Waals surface area contributed by atoms with E-state index in [0.29, 0.717) is 19.8 Å². The van der Waals surface area contributed by atoms with E-state index in [-0.39, 0.29) is 6.42 Å². The van der Waals surface area contributed by atoms with Crippen LogP contribution in [0.25, 0.3) is 11.0 Å². The molecule has 2 rings (SSSR count). The van der Waals surface area contributed by atoms with Gasteiger partial charge in [0, 0.05) is 13.2 Å². The third-order valence-electron chi connectivity index (χ3n) is 3.57. The molecule has 1 heterocycles. The molecule has 5 nitrogen and oxygen atoms in total. The summed E-state index contributed by atoms with van der Waals surface area (Å²) < 4.78 is 7.54. The van der Waals surface area contributed by atoms with Crippen molar-refractivity contribution in [3.8, 4) is 0 Å². The highest BCUT2D eigenvalue weighted by molar-refractivity contribution is 5.78. The summed E-state index contributed by atoms with van der Waals surface area (Å²) in [6.07, 6.45) is 1.03. The second-order valence-electron chi connectivity index (χ2n) is 5.30. The molecule has 1 N–H and O–H groups in total. The maximum Gasteiger partial charge on any atom is 0.305 e. The second kappa shape index (κ2) is 6.72. The number of imidazole rings is 1. The third kappa shape index (κ3) is 3.61. The van der Waals surface area contributed by atoms with E-state index in [1.54, 1.807) is 0 Å². The average Bonchev–Trinajstić information content (AvgIpc) is 2.74. The summed E-state index contributed by atoms with van der Waals surface area (Å²) in [4.78, 5) is 15.5. The molecule has 1 aromatic carbocycles. The summed E-state index contributed by atoms with van der Waals surface area (Å²) >= 11 is 0. The molecule has 21 heavy (non-hydrogen) atoms. The normalized spacial score (nSPS) is 11.2. The Morgan fingerprint density at radius 3 is 2.71 bits per heavy atom. The van der Waals surface area contributed by atoms with E-state index in [4.69, 9.17) is 9.84 Å². The fourth-order valence-electron chi connectivity index (χ4n) is 2.30. The first-order chi connectivity index (χ1) is 10.0. The SMILES string of the molecule is CCCOCc1nc2cc(C)c(C)cc2n1CCC(=O)O. The summed E-state index contributed by atoms with van der Waals surface area (Å²) in [7, 11) is 0. The van der Waals surface area contributed by atoms with E-state index >= 15 is 0 Å². The van der Waals surface area contributed by atoms with Crippen LogP contribution in [0.3, 0.4) is 0 Å². The van der Waals surface area contributed by atoms with Crippen LogP contribution in [0, 0.1) is 13.8 Å². The molecule has 0 saturated heterocycles. The van der Waals surface area contributed by atoms with Crippen molar-refractivity contribution >= 4 is 17.0 Å². The van der Waals surface area contributed by atoms with Gasteiger partial charge in [-0.15, -0.1) is 0 Å². The van der Waals surface area contributed by atoms with Gasteiger partial charge in [0.1, 0.15) is 12.4 Å². The summed E-state index contributed by atoms with van der Waals surface area (Å²) in [5, 5.41) is 8.92. The first-order valence-corrected chi connectivity index (χ1v) is 7.28. The number of nitrogens with zero attached hydrogens (tertiary/aromatic N) is 2. The standard InChI is InChI=1S/C16H22N2O3/c1-4-7-21-10-15-17-13-8-11(2)12(3)9-14(13)18(15)6-5-16(19)20/h8-9H,4-7,10H2,1-3H3,(H,19,20). The highest BCUT2D eigenvalue weighted by atomic mass is 16.5. The Bertz CT molecular complexity index is 646. The van der Waals surface area contributed by atoms with E-state index in [0.717, 1.165) is 23.3 Å². The van der Waals surface area contributed by atoms with Gasteiger partial charge in [0.25, 0.3) is 0 Å². The Labute approximate surface area is 124 Å². The molecule has 1 aromatic heterocycles. The molecule has 0 aliphatic carbocycles. The zero-order valence-corrected chi connectivity index (χ0v) is 12.8. The lowest BCUT2D eigenvalue weighted by Gasteiger charge is -2.09. The topological polar surface area (TPSA) is 64.4 Å². The molecule has 0 amide bonds. The number of fused-ring (bicyclic) bond motifs is 1. The number of aryl methyl sites for hydroxylation is 3. The minimum atomic E-state index is -0.805. The monoisotopic (exact) mass is 290 g/mol. The molecule has 0 saturated carbocycles. The number of aliphatic carboxylic acids is 1. The van der Waals surface area contributed by atoms with Crippen LogP contribution in [-0.4, -0.2) is 27.2 Å². The van der Waals surface area contributed by atoms with E-state index < -0.39 is 5.97 Å². The van der Waals surface area contributed by atoms with Crippen LogP contribution in [0.4, 0.5) is 0 Å². The molecule has 0 aliphatic heterocycles. The van der Waals surface area contributed by atoms with Crippen molar-refractivity contribution in [2.75, 3.05) is 6.61 Å². The Hall–Kier alpha value is -1.88. The maximum atomic E-state index is 10.9. The zero-order chi connectivity index (χ0) is 15.4. The molecule has 0 aliphatic rings. The summed E-state index contributed by atoms with van der Waals surface area (Å²) in [6.45, 7) is 7.68. The Morgan fingerprint density at radius 2 is 2.05 bits per heavy atom. The van der Waals surface area contributed by atoms with Gasteiger partial charge in [0.05, 0.1) is 17.5 Å². The van der Waals surface area contributed by atoms with E-state index in [1.165, 1.54) is 11.1 Å². The molecule has 5 heteroatoms. The number of hydrogen-bond donors (Lipinski definition) is 1. The summed E-state index contributed by atoms with van der Waals surface area (Å²) in [5.41, 5.74) is 4.25. The van der Waals surface area contributed by atoms with Crippen LogP contribution in [-0.2, 0) is 22.7 Å². The number of benzene rings is 1. The van der Waals surface area contributed by atoms with Crippen molar-refractivity contribution in [1.29, 1.82) is 0 Å². The number of carboxylic acid groups (broad SMARTS) is 1. The number of ether oxygens (including phenoxy) is 1. The van der Waals surface area contributed by atoms with Gasteiger partial charge in [-0.05, 0) is 43.5 Å². The van der Waals surface area contributed by atoms with Gasteiger partial charge < -0.3 is 14.4 Å². The molecule has 0 radical (unpaired) electrons. The average molecular weight is 290 g/mol. The highest BCUT2D eigenvalue weighted by Crippen LogP contribution is 2.21. The fourth-order valence-corrected chi connectivity index (χ4v) is 2.30. The van der Waals surface area contributed by atoms with Crippen LogP contribution in [0.15, 0.2) is 12.1 Å². The summed E-state index contributed by atoms with van der Waals surface area (Å²) in [5.74, 6) is -0.00851. The van der Waals surface area contributed by atoms with Crippen molar-refractivity contribution in [2.24, 2.45) is 0 Å². The van der Waals surface area contributed by atoms with Crippen LogP contribution >= 0.6 is 0 Å². The Morgan fingerprint density at radius 1 is 1.33 bits per heavy atom. The van der Waals surface area contributed by atoms with Crippen molar-refractivity contribution in [3.63, 3.8) is 0 Å². The molecule has 0 spiro atoms. The lowest BCUT2D eigenvalue weighted by Crippen LogP contribution is -2.09. The Kier molecular flexibility index (Phi) is 4.96. The molecular weight excluding hydrogens is 268 g/mol. The minimum absolute atomic E-state index is 0.0825. The number of aromatic nitrogens is 2. The van der Waals surface area contributed by atoms with Gasteiger partial charge in [-0.1, -0.05) is 6.92 Å². The first-order valence-electron chi connectivity index (χ1n) is 7.28. The van der Waals surface area contributed by atoms with Crippen LogP contribution in [0.2, 0.25) is 0 Å². The lowest BCUT2D eigenvalue weighted by atomic mass is 10.1. The second-order valence-corrected chi connectivity index (χ2v) is 5.30. The van der Waals surface area contributed by atoms with Crippen molar-refractivity contribution in [1.82, 2.24) is 9.55 Å². The van der Waals surface area contributed by atoms with Gasteiger partial charge in [-0.2, -0.15) is 0 Å². The number of rotatable bonds is 7. The number of carbonyl (C=O) groups is 1. The van der Waals surface area contributed by atoms with Crippen molar-refractivity contribution in [2.45, 2.75) is 46.8 Å². The van der Waals surface area contributed by atoms with E-state index in [9.17, 15) is 4.79 Å². The molecule has 0 atom stereocenters. The fraction of sp³-hybridized carbons (Fsp3) is 0.500. The molecule has 0 fully saturated rings. The summed E-state index contributed by atoms with van der Waals surface area (Å²) in [6, 6.07) is 4.12. The van der Waals surface area contributed by atoms with Crippen molar-refractivity contribution < 1.29 is 14.6 Å². The van der Waals surface area contributed by atoms with E-state index in [1.807, 2.05) is 10.6 Å². The lowest BCUT2D eigenvalue weighted by molar-refractivity contribution is -0.137. The van der Waals surface area contributed by atoms with Crippen LogP contribution in [0.5, 0.6) is 0 Å². The largest absolute Gasteiger partial charge is 0.481 e. The molecule has 114 valence electrons. The minimum Gasteiger partial charge on any atom is -0.481 e. The van der Waals surface area contributed by atoms with Gasteiger partial charge in [0.2, 0.25) is 0 Å². The first kappa shape index (κ1) is 15.5. The van der Waals surface area contributed by atoms with Gasteiger partial charge in [-0.25, -0.2) is 4.98 Å². The molecular formula is C16H22N2O3. The van der Waals surface area contributed by atoms with E-state index in [2.05, 4.69) is 31.8 Å². The zero-order valence-electron chi connectivity index (χ0n) is 12.8. The maximum absolute atomic E-state index is 10.9. The van der Waals surface area contributed by atoms with Crippen LogP contribution < -0.4 is 0 Å². The Balaban J connectivity index is 2.39. The molecule has 0 unspecified atom stereocenters. The number of hydrogen-bond acceptors (Lipinski definition) is 3. The van der Waals surface area contributed by atoms with Gasteiger partial charge in [0.15, 0.2) is 0 Å². The van der Waals surface area contributed by atoms with Crippen LogP contribution in [0.1, 0.15) is 36.7 Å². The highest BCUT2D eigenvalue weighted by Gasteiger charge is 2.13. The third-order valence-corrected chi connectivity index (χ3v) is 3.57. The number of carboxylic acids is 1. The van der Waals surface area contributed by atoms with Gasteiger partial charge in [-0.3, -0.25) is 4.79 Å². The predicted octanol–water partition coefficient (Wildman–Crippen LogP) is 3.05. The quantitative estimate of drug-likeness (QED) is 0.796.